The summed E-state index contributed by atoms with van der Waals surface area (Å²) in [5, 5.41) is 2.71. The zero-order valence-electron chi connectivity index (χ0n) is 12.2. The Labute approximate surface area is 127 Å². The van der Waals surface area contributed by atoms with Gasteiger partial charge in [0.2, 0.25) is 5.91 Å². The molecule has 21 heavy (non-hydrogen) atoms. The molecule has 0 aromatic carbocycles. The largest absolute Gasteiger partial charge is 0.353 e. The van der Waals surface area contributed by atoms with Crippen LogP contribution in [0.4, 0.5) is 0 Å². The van der Waals surface area contributed by atoms with E-state index in [1.165, 1.54) is 11.2 Å². The van der Waals surface area contributed by atoms with Crippen molar-refractivity contribution in [3.05, 3.63) is 60.4 Å². The molecule has 1 aliphatic heterocycles. The molecule has 0 fully saturated rings. The minimum absolute atomic E-state index is 0.151. The SMILES string of the molecule is C=C/C=C1/C=C(CNC(C)=O)[C@@H](C)N(S(=O)O)/C1=C/C=C. The molecule has 1 rings (SSSR count). The summed E-state index contributed by atoms with van der Waals surface area (Å²) in [5.41, 5.74) is 2.16. The maximum Gasteiger partial charge on any atom is 0.262 e. The molecule has 2 N–H and O–H groups in total. The highest BCUT2D eigenvalue weighted by Crippen LogP contribution is 2.30. The first kappa shape index (κ1) is 17.1. The minimum atomic E-state index is -2.18. The van der Waals surface area contributed by atoms with E-state index < -0.39 is 11.3 Å². The predicted molar refractivity (Wildman–Crippen MR) is 85.4 cm³/mol. The second kappa shape index (κ2) is 7.75. The summed E-state index contributed by atoms with van der Waals surface area (Å²) in [6.45, 7) is 10.8. The first-order valence-corrected chi connectivity index (χ1v) is 7.49. The van der Waals surface area contributed by atoms with Crippen molar-refractivity contribution in [2.24, 2.45) is 0 Å². The summed E-state index contributed by atoms with van der Waals surface area (Å²) < 4.78 is 22.6. The van der Waals surface area contributed by atoms with E-state index in [0.717, 1.165) is 11.1 Å². The van der Waals surface area contributed by atoms with Crippen LogP contribution in [0.5, 0.6) is 0 Å². The molecule has 114 valence electrons. The molecular formula is C15H20N2O3S. The summed E-state index contributed by atoms with van der Waals surface area (Å²) in [7, 11) is 0. The van der Waals surface area contributed by atoms with E-state index >= 15 is 0 Å². The summed E-state index contributed by atoms with van der Waals surface area (Å²) >= 11 is -2.18. The molecule has 0 aromatic heterocycles. The number of rotatable bonds is 5. The number of hydrogen-bond donors (Lipinski definition) is 2. The lowest BCUT2D eigenvalue weighted by Crippen LogP contribution is -2.41. The molecule has 1 aliphatic rings. The van der Waals surface area contributed by atoms with Crippen molar-refractivity contribution < 1.29 is 13.6 Å². The van der Waals surface area contributed by atoms with Gasteiger partial charge in [-0.3, -0.25) is 13.7 Å². The zero-order chi connectivity index (χ0) is 16.0. The number of carbonyl (C=O) groups is 1. The number of nitrogens with one attached hydrogen (secondary N) is 1. The Bertz CT molecular complexity index is 561. The van der Waals surface area contributed by atoms with Gasteiger partial charge in [-0.2, -0.15) is 0 Å². The van der Waals surface area contributed by atoms with Gasteiger partial charge < -0.3 is 5.32 Å². The van der Waals surface area contributed by atoms with Gasteiger partial charge in [-0.1, -0.05) is 31.4 Å². The van der Waals surface area contributed by atoms with Crippen LogP contribution in [-0.4, -0.2) is 31.6 Å². The topological polar surface area (TPSA) is 69.6 Å². The highest BCUT2D eigenvalue weighted by Gasteiger charge is 2.30. The molecule has 0 radical (unpaired) electrons. The average molecular weight is 308 g/mol. The normalized spacial score (nSPS) is 23.7. The molecule has 0 saturated heterocycles. The van der Waals surface area contributed by atoms with E-state index in [1.54, 1.807) is 24.3 Å². The Hall–Kier alpha value is -1.92. The molecule has 1 amide bonds. The first-order chi connectivity index (χ1) is 9.92. The lowest BCUT2D eigenvalue weighted by atomic mass is 9.96. The highest BCUT2D eigenvalue weighted by molar-refractivity contribution is 7.76. The van der Waals surface area contributed by atoms with Crippen molar-refractivity contribution in [1.82, 2.24) is 9.62 Å². The first-order valence-electron chi connectivity index (χ1n) is 6.43. The highest BCUT2D eigenvalue weighted by atomic mass is 32.2. The molecule has 0 aromatic rings. The van der Waals surface area contributed by atoms with Gasteiger partial charge in [0, 0.05) is 13.5 Å². The number of allylic oxidation sites excluding steroid dienone is 5. The molecule has 0 bridgehead atoms. The van der Waals surface area contributed by atoms with E-state index in [0.29, 0.717) is 12.2 Å². The fourth-order valence-corrected chi connectivity index (χ4v) is 2.81. The molecule has 0 spiro atoms. The number of hydrogen-bond acceptors (Lipinski definition) is 2. The monoisotopic (exact) mass is 308 g/mol. The van der Waals surface area contributed by atoms with Crippen LogP contribution in [0, 0.1) is 0 Å². The van der Waals surface area contributed by atoms with Crippen LogP contribution in [0.25, 0.3) is 0 Å². The number of nitrogens with zero attached hydrogens (tertiary/aromatic N) is 1. The van der Waals surface area contributed by atoms with Crippen molar-refractivity contribution in [2.75, 3.05) is 6.54 Å². The smallest absolute Gasteiger partial charge is 0.262 e. The third-order valence-electron chi connectivity index (χ3n) is 3.05. The standard InChI is InChI=1S/C15H20N2O3S/c1-5-7-13-9-14(10-16-12(4)18)11(3)17(21(19)20)15(13)8-6-2/h5-9,11H,1-2,10H2,3-4H3,(H,16,18)(H,19,20)/b13-7-,15-8+/t11-/m1/s1. The Morgan fingerprint density at radius 1 is 1.48 bits per heavy atom. The lowest BCUT2D eigenvalue weighted by molar-refractivity contribution is -0.118. The number of amides is 1. The summed E-state index contributed by atoms with van der Waals surface area (Å²) in [6, 6.07) is -0.323. The van der Waals surface area contributed by atoms with E-state index in [1.807, 2.05) is 13.0 Å². The summed E-state index contributed by atoms with van der Waals surface area (Å²) in [5.74, 6) is -0.151. The van der Waals surface area contributed by atoms with Gasteiger partial charge in [0.25, 0.3) is 11.3 Å². The van der Waals surface area contributed by atoms with E-state index in [4.69, 9.17) is 0 Å². The summed E-state index contributed by atoms with van der Waals surface area (Å²) in [4.78, 5) is 11.1. The third kappa shape index (κ3) is 4.27. The van der Waals surface area contributed by atoms with Crippen LogP contribution >= 0.6 is 0 Å². The van der Waals surface area contributed by atoms with Gasteiger partial charge in [0.1, 0.15) is 0 Å². The molecule has 6 heteroatoms. The van der Waals surface area contributed by atoms with Gasteiger partial charge in [-0.15, -0.1) is 0 Å². The van der Waals surface area contributed by atoms with Crippen molar-refractivity contribution in [3.63, 3.8) is 0 Å². The van der Waals surface area contributed by atoms with Crippen molar-refractivity contribution >= 4 is 17.2 Å². The van der Waals surface area contributed by atoms with E-state index in [9.17, 15) is 13.6 Å². The molecule has 1 heterocycles. The quantitative estimate of drug-likeness (QED) is 0.764. The molecule has 0 saturated carbocycles. The fraction of sp³-hybridized carbons (Fsp3) is 0.267. The van der Waals surface area contributed by atoms with Crippen LogP contribution in [0.3, 0.4) is 0 Å². The van der Waals surface area contributed by atoms with Gasteiger partial charge in [0.15, 0.2) is 0 Å². The van der Waals surface area contributed by atoms with Crippen LogP contribution in [0.15, 0.2) is 60.4 Å². The minimum Gasteiger partial charge on any atom is -0.353 e. The lowest BCUT2D eigenvalue weighted by Gasteiger charge is -2.35. The van der Waals surface area contributed by atoms with Gasteiger partial charge >= 0.3 is 0 Å². The Morgan fingerprint density at radius 3 is 2.57 bits per heavy atom. The Morgan fingerprint density at radius 2 is 2.10 bits per heavy atom. The summed E-state index contributed by atoms with van der Waals surface area (Å²) in [6.07, 6.45) is 8.47. The molecule has 0 aliphatic carbocycles. The van der Waals surface area contributed by atoms with Crippen LogP contribution in [0.2, 0.25) is 0 Å². The average Bonchev–Trinajstić information content (AvgIpc) is 2.40. The zero-order valence-corrected chi connectivity index (χ0v) is 13.0. The van der Waals surface area contributed by atoms with Crippen molar-refractivity contribution in [2.45, 2.75) is 19.9 Å². The number of carbonyl (C=O) groups excluding carboxylic acids is 1. The van der Waals surface area contributed by atoms with Gasteiger partial charge in [-0.25, -0.2) is 4.21 Å². The second-order valence-electron chi connectivity index (χ2n) is 4.51. The maximum atomic E-state index is 11.7. The van der Waals surface area contributed by atoms with Crippen molar-refractivity contribution in [1.29, 1.82) is 0 Å². The second-order valence-corrected chi connectivity index (χ2v) is 5.36. The third-order valence-corrected chi connectivity index (χ3v) is 3.89. The predicted octanol–water partition coefficient (Wildman–Crippen LogP) is 2.07. The molecule has 1 unspecified atom stereocenters. The van der Waals surface area contributed by atoms with Gasteiger partial charge in [0.05, 0.1) is 11.7 Å². The Balaban J connectivity index is 3.31. The van der Waals surface area contributed by atoms with E-state index in [2.05, 4.69) is 18.5 Å². The molecule has 2 atom stereocenters. The fourth-order valence-electron chi connectivity index (χ4n) is 2.07. The van der Waals surface area contributed by atoms with Gasteiger partial charge in [-0.05, 0) is 30.2 Å². The van der Waals surface area contributed by atoms with E-state index in [-0.39, 0.29) is 11.9 Å². The van der Waals surface area contributed by atoms with Crippen LogP contribution < -0.4 is 5.32 Å². The maximum absolute atomic E-state index is 11.7. The molecule has 5 nitrogen and oxygen atoms in total. The van der Waals surface area contributed by atoms with Crippen LogP contribution in [0.1, 0.15) is 13.8 Å². The molecular weight excluding hydrogens is 288 g/mol. The Kier molecular flexibility index (Phi) is 6.33. The van der Waals surface area contributed by atoms with Crippen LogP contribution in [-0.2, 0) is 16.1 Å². The van der Waals surface area contributed by atoms with Crippen molar-refractivity contribution in [3.8, 4) is 0 Å².